The molecule has 0 saturated carbocycles. The average molecular weight is 290 g/mol. The van der Waals surface area contributed by atoms with Crippen molar-refractivity contribution in [3.63, 3.8) is 0 Å². The molecule has 0 radical (unpaired) electrons. The van der Waals surface area contributed by atoms with Gasteiger partial charge in [-0.05, 0) is 55.1 Å². The maximum Gasteiger partial charge on any atom is 0.0290 e. The first-order valence-electron chi connectivity index (χ1n) is 8.17. The second-order valence-electron chi connectivity index (χ2n) is 6.60. The molecule has 6 rings (SSSR count). The Morgan fingerprint density at radius 1 is 0.652 bits per heavy atom. The zero-order valence-corrected chi connectivity index (χ0v) is 12.6. The van der Waals surface area contributed by atoms with Gasteiger partial charge >= 0.3 is 0 Å². The lowest BCUT2D eigenvalue weighted by Crippen LogP contribution is -2.13. The molecule has 0 N–H and O–H groups in total. The highest BCUT2D eigenvalue weighted by molar-refractivity contribution is 6.17. The third kappa shape index (κ3) is 1.37. The molecule has 0 saturated heterocycles. The zero-order valence-electron chi connectivity index (χ0n) is 12.6. The molecule has 1 unspecified atom stereocenters. The number of hydrogen-bond acceptors (Lipinski definition) is 0. The molecule has 2 aliphatic rings. The van der Waals surface area contributed by atoms with Crippen molar-refractivity contribution in [2.45, 2.75) is 5.92 Å². The van der Waals surface area contributed by atoms with Crippen LogP contribution in [0.1, 0.15) is 22.6 Å². The highest BCUT2D eigenvalue weighted by Crippen LogP contribution is 2.47. The van der Waals surface area contributed by atoms with Crippen LogP contribution in [0.15, 0.2) is 66.7 Å². The predicted octanol–water partition coefficient (Wildman–Crippen LogP) is 5.14. The van der Waals surface area contributed by atoms with Gasteiger partial charge in [-0.15, -0.1) is 0 Å². The Morgan fingerprint density at radius 2 is 1.48 bits per heavy atom. The van der Waals surface area contributed by atoms with Crippen LogP contribution in [0, 0.1) is 0 Å². The van der Waals surface area contributed by atoms with Gasteiger partial charge in [-0.2, -0.15) is 0 Å². The summed E-state index contributed by atoms with van der Waals surface area (Å²) in [5.74, 6) is 0.404. The zero-order chi connectivity index (χ0) is 15.0. The molecule has 0 heterocycles. The molecule has 0 nitrogen and oxygen atoms in total. The molecule has 4 aromatic carbocycles. The van der Waals surface area contributed by atoms with Gasteiger partial charge in [-0.25, -0.2) is 0 Å². The number of fused-ring (bicyclic) bond motifs is 4. The van der Waals surface area contributed by atoms with E-state index in [4.69, 9.17) is 0 Å². The summed E-state index contributed by atoms with van der Waals surface area (Å²) in [6.45, 7) is 0. The number of rotatable bonds is 0. The minimum atomic E-state index is 0.404. The van der Waals surface area contributed by atoms with E-state index in [-0.39, 0.29) is 0 Å². The monoisotopic (exact) mass is 290 g/mol. The van der Waals surface area contributed by atoms with Crippen LogP contribution in [0.5, 0.6) is 0 Å². The molecular weight excluding hydrogens is 276 g/mol. The fourth-order valence-corrected chi connectivity index (χ4v) is 4.44. The van der Waals surface area contributed by atoms with Crippen LogP contribution >= 0.6 is 0 Å². The molecule has 0 fully saturated rings. The predicted molar refractivity (Wildman–Crippen MR) is 98.2 cm³/mol. The van der Waals surface area contributed by atoms with Gasteiger partial charge in [0.1, 0.15) is 0 Å². The van der Waals surface area contributed by atoms with E-state index in [2.05, 4.69) is 78.9 Å². The van der Waals surface area contributed by atoms with Gasteiger partial charge in [-0.1, -0.05) is 72.8 Å². The molecule has 4 aromatic rings. The number of benzene rings is 4. The van der Waals surface area contributed by atoms with Crippen LogP contribution in [0.25, 0.3) is 39.3 Å². The Morgan fingerprint density at radius 3 is 2.39 bits per heavy atom. The molecule has 0 aliphatic heterocycles. The molecule has 1 atom stereocenters. The summed E-state index contributed by atoms with van der Waals surface area (Å²) in [4.78, 5) is 0. The normalized spacial score (nSPS) is 17.7. The van der Waals surface area contributed by atoms with Gasteiger partial charge in [0.15, 0.2) is 0 Å². The molecule has 106 valence electrons. The number of hydrogen-bond donors (Lipinski definition) is 0. The molecule has 2 aliphatic carbocycles. The van der Waals surface area contributed by atoms with E-state index in [1.807, 2.05) is 0 Å². The fraction of sp³-hybridized carbons (Fsp3) is 0.0435. The highest BCUT2D eigenvalue weighted by atomic mass is 14.3. The van der Waals surface area contributed by atoms with Crippen LogP contribution in [0.4, 0.5) is 0 Å². The third-order valence-corrected chi connectivity index (χ3v) is 5.44. The van der Waals surface area contributed by atoms with Crippen molar-refractivity contribution < 1.29 is 0 Å². The van der Waals surface area contributed by atoms with Gasteiger partial charge < -0.3 is 0 Å². The summed E-state index contributed by atoms with van der Waals surface area (Å²) in [6, 6.07) is 24.5. The van der Waals surface area contributed by atoms with Crippen molar-refractivity contribution in [3.8, 4) is 0 Å². The lowest BCUT2D eigenvalue weighted by Gasteiger charge is -2.21. The molecule has 0 heteroatoms. The van der Waals surface area contributed by atoms with Crippen LogP contribution < -0.4 is 5.22 Å². The Bertz CT molecular complexity index is 1190. The maximum absolute atomic E-state index is 2.45. The van der Waals surface area contributed by atoms with Gasteiger partial charge in [0.05, 0.1) is 0 Å². The minimum Gasteiger partial charge on any atom is -0.0647 e. The summed E-state index contributed by atoms with van der Waals surface area (Å²) in [6.07, 6.45) is 4.83. The second kappa shape index (κ2) is 3.91. The lowest BCUT2D eigenvalue weighted by molar-refractivity contribution is 1.18. The Labute approximate surface area is 134 Å². The van der Waals surface area contributed by atoms with E-state index in [9.17, 15) is 0 Å². The Balaban J connectivity index is 1.83. The standard InChI is InChI=1S/C23H14/c1-2-7-18-16(4-1)12-21-19-11-10-15-6-3-5-14-8-9-17(13-20(18)21)23(19)22(14)15/h1-13,20H. The molecule has 0 spiro atoms. The Kier molecular flexibility index (Phi) is 1.98. The summed E-state index contributed by atoms with van der Waals surface area (Å²) >= 11 is 0. The van der Waals surface area contributed by atoms with E-state index in [1.54, 1.807) is 0 Å². The Hall–Kier alpha value is -2.86. The summed E-state index contributed by atoms with van der Waals surface area (Å²) in [7, 11) is 0. The van der Waals surface area contributed by atoms with Crippen molar-refractivity contribution in [1.82, 2.24) is 0 Å². The van der Waals surface area contributed by atoms with Crippen LogP contribution in [0.3, 0.4) is 0 Å². The lowest BCUT2D eigenvalue weighted by atomic mass is 9.81. The summed E-state index contributed by atoms with van der Waals surface area (Å²) in [5, 5.41) is 6.89. The molecule has 0 aromatic heterocycles. The van der Waals surface area contributed by atoms with Crippen LogP contribution in [0.2, 0.25) is 0 Å². The van der Waals surface area contributed by atoms with Gasteiger partial charge in [0.2, 0.25) is 0 Å². The van der Waals surface area contributed by atoms with E-state index in [1.165, 1.54) is 49.0 Å². The van der Waals surface area contributed by atoms with E-state index >= 15 is 0 Å². The van der Waals surface area contributed by atoms with Crippen molar-refractivity contribution in [2.75, 3.05) is 0 Å². The topological polar surface area (TPSA) is 0 Å². The second-order valence-corrected chi connectivity index (χ2v) is 6.60. The first-order valence-corrected chi connectivity index (χ1v) is 8.17. The maximum atomic E-state index is 2.45. The molecular formula is C23H14. The van der Waals surface area contributed by atoms with Crippen molar-refractivity contribution in [1.29, 1.82) is 0 Å². The van der Waals surface area contributed by atoms with E-state index in [0.717, 1.165) is 0 Å². The quantitative estimate of drug-likeness (QED) is 0.420. The SMILES string of the molecule is C1=C2c3ccc4cccc5ccc(c3c45)=CC2c2ccccc21. The van der Waals surface area contributed by atoms with Crippen molar-refractivity contribution >= 4 is 39.3 Å². The van der Waals surface area contributed by atoms with Crippen molar-refractivity contribution in [3.05, 3.63) is 88.6 Å². The first kappa shape index (κ1) is 11.7. The first-order chi connectivity index (χ1) is 11.4. The summed E-state index contributed by atoms with van der Waals surface area (Å²) < 4.78 is 0. The minimum absolute atomic E-state index is 0.404. The molecule has 0 amide bonds. The van der Waals surface area contributed by atoms with E-state index < -0.39 is 0 Å². The van der Waals surface area contributed by atoms with Crippen molar-refractivity contribution in [2.24, 2.45) is 0 Å². The van der Waals surface area contributed by atoms with E-state index in [0.29, 0.717) is 5.92 Å². The molecule has 0 bridgehead atoms. The van der Waals surface area contributed by atoms with Crippen LogP contribution in [-0.2, 0) is 0 Å². The fourth-order valence-electron chi connectivity index (χ4n) is 4.44. The smallest absolute Gasteiger partial charge is 0.0290 e. The van der Waals surface area contributed by atoms with Gasteiger partial charge in [-0.3, -0.25) is 0 Å². The summed E-state index contributed by atoms with van der Waals surface area (Å²) in [5.41, 5.74) is 5.67. The van der Waals surface area contributed by atoms with Gasteiger partial charge in [0.25, 0.3) is 0 Å². The van der Waals surface area contributed by atoms with Gasteiger partial charge in [0, 0.05) is 5.92 Å². The highest BCUT2D eigenvalue weighted by Gasteiger charge is 2.28. The average Bonchev–Trinajstić information content (AvgIpc) is 2.98. The molecule has 23 heavy (non-hydrogen) atoms. The largest absolute Gasteiger partial charge is 0.0647 e. The number of allylic oxidation sites excluding steroid dienone is 1. The van der Waals surface area contributed by atoms with Crippen LogP contribution in [-0.4, -0.2) is 0 Å². The third-order valence-electron chi connectivity index (χ3n) is 5.44.